The Balaban J connectivity index is 1.74. The van der Waals surface area contributed by atoms with Gasteiger partial charge in [0.15, 0.2) is 0 Å². The summed E-state index contributed by atoms with van der Waals surface area (Å²) >= 11 is 0. The van der Waals surface area contributed by atoms with E-state index in [1.165, 1.54) is 0 Å². The van der Waals surface area contributed by atoms with E-state index in [0.29, 0.717) is 37.6 Å². The first kappa shape index (κ1) is 17.4. The molecule has 0 atom stereocenters. The second kappa shape index (κ2) is 6.48. The van der Waals surface area contributed by atoms with Crippen molar-refractivity contribution < 1.29 is 23.9 Å². The number of rotatable bonds is 4. The predicted octanol–water partition coefficient (Wildman–Crippen LogP) is 1.32. The van der Waals surface area contributed by atoms with Crippen molar-refractivity contribution >= 4 is 17.7 Å². The molecular weight excluding hydrogens is 324 g/mol. The van der Waals surface area contributed by atoms with Crippen molar-refractivity contribution in [3.63, 3.8) is 0 Å². The minimum Gasteiger partial charge on any atom is -0.494 e. The van der Waals surface area contributed by atoms with Gasteiger partial charge in [-0.25, -0.2) is 0 Å². The number of fused-ring (bicyclic) bond motifs is 1. The molecule has 7 heteroatoms. The Labute approximate surface area is 146 Å². The SMILES string of the molecule is CCOc1ccc2c(c1)C(=O)N(CC(=O)N1CCOC(C)(C)C1)C2=O. The van der Waals surface area contributed by atoms with E-state index >= 15 is 0 Å². The summed E-state index contributed by atoms with van der Waals surface area (Å²) in [6.07, 6.45) is 0. The van der Waals surface area contributed by atoms with Gasteiger partial charge >= 0.3 is 0 Å². The van der Waals surface area contributed by atoms with Crippen molar-refractivity contribution in [3.05, 3.63) is 29.3 Å². The maximum absolute atomic E-state index is 12.6. The van der Waals surface area contributed by atoms with E-state index in [-0.39, 0.29) is 18.0 Å². The lowest BCUT2D eigenvalue weighted by molar-refractivity contribution is -0.146. The number of hydrogen-bond acceptors (Lipinski definition) is 5. The quantitative estimate of drug-likeness (QED) is 0.769. The largest absolute Gasteiger partial charge is 0.494 e. The van der Waals surface area contributed by atoms with Gasteiger partial charge in [-0.3, -0.25) is 19.3 Å². The van der Waals surface area contributed by atoms with Crippen LogP contribution in [0.25, 0.3) is 0 Å². The van der Waals surface area contributed by atoms with Crippen LogP contribution in [0.5, 0.6) is 5.75 Å². The Morgan fingerprint density at radius 1 is 1.24 bits per heavy atom. The van der Waals surface area contributed by atoms with E-state index in [4.69, 9.17) is 9.47 Å². The molecule has 0 N–H and O–H groups in total. The zero-order valence-corrected chi connectivity index (χ0v) is 14.7. The number of morpholine rings is 1. The van der Waals surface area contributed by atoms with Gasteiger partial charge < -0.3 is 14.4 Å². The Hall–Kier alpha value is -2.41. The molecule has 3 rings (SSSR count). The standard InChI is InChI=1S/C18H22N2O5/c1-4-24-12-5-6-13-14(9-12)17(23)20(16(13)22)10-15(21)19-7-8-25-18(2,3)11-19/h5-6,9H,4,7-8,10-11H2,1-3H3. The summed E-state index contributed by atoms with van der Waals surface area (Å²) in [5, 5.41) is 0. The highest BCUT2D eigenvalue weighted by atomic mass is 16.5. The Bertz CT molecular complexity index is 728. The molecule has 0 saturated carbocycles. The lowest BCUT2D eigenvalue weighted by atomic mass is 10.1. The Morgan fingerprint density at radius 2 is 1.96 bits per heavy atom. The van der Waals surface area contributed by atoms with Gasteiger partial charge in [-0.1, -0.05) is 0 Å². The summed E-state index contributed by atoms with van der Waals surface area (Å²) in [5.74, 6) is -0.618. The van der Waals surface area contributed by atoms with Gasteiger partial charge in [0, 0.05) is 13.1 Å². The van der Waals surface area contributed by atoms with Crippen LogP contribution < -0.4 is 4.74 Å². The molecule has 0 spiro atoms. The summed E-state index contributed by atoms with van der Waals surface area (Å²) in [6.45, 7) is 7.20. The summed E-state index contributed by atoms with van der Waals surface area (Å²) < 4.78 is 11.0. The zero-order valence-electron chi connectivity index (χ0n) is 14.7. The monoisotopic (exact) mass is 346 g/mol. The minimum atomic E-state index is -0.456. The predicted molar refractivity (Wildman–Crippen MR) is 89.6 cm³/mol. The smallest absolute Gasteiger partial charge is 0.262 e. The van der Waals surface area contributed by atoms with Gasteiger partial charge in [0.2, 0.25) is 5.91 Å². The average Bonchev–Trinajstić information content (AvgIpc) is 2.79. The number of benzene rings is 1. The van der Waals surface area contributed by atoms with E-state index < -0.39 is 17.4 Å². The normalized spacial score (nSPS) is 19.2. The number of carbonyl (C=O) groups is 3. The van der Waals surface area contributed by atoms with Gasteiger partial charge in [0.1, 0.15) is 12.3 Å². The van der Waals surface area contributed by atoms with E-state index in [1.54, 1.807) is 23.1 Å². The number of carbonyl (C=O) groups excluding carboxylic acids is 3. The molecule has 7 nitrogen and oxygen atoms in total. The van der Waals surface area contributed by atoms with E-state index in [1.807, 2.05) is 20.8 Å². The van der Waals surface area contributed by atoms with Crippen LogP contribution in [0.15, 0.2) is 18.2 Å². The summed E-state index contributed by atoms with van der Waals surface area (Å²) in [7, 11) is 0. The topological polar surface area (TPSA) is 76.2 Å². The van der Waals surface area contributed by atoms with Crippen LogP contribution in [-0.2, 0) is 9.53 Å². The first-order chi connectivity index (χ1) is 11.8. The molecule has 134 valence electrons. The van der Waals surface area contributed by atoms with Crippen LogP contribution in [0.3, 0.4) is 0 Å². The van der Waals surface area contributed by atoms with E-state index in [2.05, 4.69) is 0 Å². The Kier molecular flexibility index (Phi) is 4.51. The highest BCUT2D eigenvalue weighted by Gasteiger charge is 2.39. The molecule has 1 saturated heterocycles. The van der Waals surface area contributed by atoms with Gasteiger partial charge in [-0.2, -0.15) is 0 Å². The van der Waals surface area contributed by atoms with Gasteiger partial charge in [-0.05, 0) is 39.0 Å². The van der Waals surface area contributed by atoms with Crippen molar-refractivity contribution in [2.24, 2.45) is 0 Å². The maximum atomic E-state index is 12.6. The molecule has 2 aliphatic heterocycles. The third-order valence-corrected chi connectivity index (χ3v) is 4.32. The molecule has 1 fully saturated rings. The molecule has 0 unspecified atom stereocenters. The minimum absolute atomic E-state index is 0.254. The van der Waals surface area contributed by atoms with Crippen molar-refractivity contribution in [1.82, 2.24) is 9.80 Å². The molecule has 2 aliphatic rings. The average molecular weight is 346 g/mol. The fraction of sp³-hybridized carbons (Fsp3) is 0.500. The highest BCUT2D eigenvalue weighted by molar-refractivity contribution is 6.22. The van der Waals surface area contributed by atoms with Crippen LogP contribution in [0.1, 0.15) is 41.5 Å². The van der Waals surface area contributed by atoms with Gasteiger partial charge in [0.05, 0.1) is 29.9 Å². The molecular formula is C18H22N2O5. The van der Waals surface area contributed by atoms with Crippen LogP contribution in [0.2, 0.25) is 0 Å². The van der Waals surface area contributed by atoms with Crippen LogP contribution in [0.4, 0.5) is 0 Å². The van der Waals surface area contributed by atoms with Crippen molar-refractivity contribution in [2.75, 3.05) is 32.8 Å². The Morgan fingerprint density at radius 3 is 2.64 bits per heavy atom. The number of nitrogens with zero attached hydrogens (tertiary/aromatic N) is 2. The molecule has 1 aromatic rings. The molecule has 1 aromatic carbocycles. The van der Waals surface area contributed by atoms with Crippen LogP contribution >= 0.6 is 0 Å². The third kappa shape index (κ3) is 3.37. The fourth-order valence-electron chi connectivity index (χ4n) is 3.13. The second-order valence-corrected chi connectivity index (χ2v) is 6.76. The molecule has 25 heavy (non-hydrogen) atoms. The maximum Gasteiger partial charge on any atom is 0.262 e. The van der Waals surface area contributed by atoms with Crippen LogP contribution in [-0.4, -0.2) is 66.0 Å². The molecule has 0 aliphatic carbocycles. The molecule has 2 heterocycles. The fourth-order valence-corrected chi connectivity index (χ4v) is 3.13. The van der Waals surface area contributed by atoms with Crippen LogP contribution in [0, 0.1) is 0 Å². The van der Waals surface area contributed by atoms with Crippen molar-refractivity contribution in [1.29, 1.82) is 0 Å². The lowest BCUT2D eigenvalue weighted by Gasteiger charge is -2.38. The van der Waals surface area contributed by atoms with E-state index in [0.717, 1.165) is 4.90 Å². The lowest BCUT2D eigenvalue weighted by Crippen LogP contribution is -2.53. The molecule has 0 radical (unpaired) electrons. The summed E-state index contributed by atoms with van der Waals surface area (Å²) in [6, 6.07) is 4.79. The van der Waals surface area contributed by atoms with Gasteiger partial charge in [0.25, 0.3) is 11.8 Å². The second-order valence-electron chi connectivity index (χ2n) is 6.76. The number of hydrogen-bond donors (Lipinski definition) is 0. The van der Waals surface area contributed by atoms with Gasteiger partial charge in [-0.15, -0.1) is 0 Å². The van der Waals surface area contributed by atoms with E-state index in [9.17, 15) is 14.4 Å². The first-order valence-corrected chi connectivity index (χ1v) is 8.37. The molecule has 3 amide bonds. The summed E-state index contributed by atoms with van der Waals surface area (Å²) in [4.78, 5) is 40.2. The molecule has 0 bridgehead atoms. The number of imide groups is 1. The third-order valence-electron chi connectivity index (χ3n) is 4.32. The highest BCUT2D eigenvalue weighted by Crippen LogP contribution is 2.27. The number of ether oxygens (including phenoxy) is 2. The first-order valence-electron chi connectivity index (χ1n) is 8.37. The summed E-state index contributed by atoms with van der Waals surface area (Å²) in [5.41, 5.74) is 0.164. The van der Waals surface area contributed by atoms with Crippen molar-refractivity contribution in [2.45, 2.75) is 26.4 Å². The van der Waals surface area contributed by atoms with Crippen molar-refractivity contribution in [3.8, 4) is 5.75 Å². The molecule has 0 aromatic heterocycles. The number of amides is 3. The zero-order chi connectivity index (χ0) is 18.2.